The second-order valence-corrected chi connectivity index (χ2v) is 7.01. The third-order valence-corrected chi connectivity index (χ3v) is 5.25. The summed E-state index contributed by atoms with van der Waals surface area (Å²) in [6.07, 6.45) is 0. The molecule has 0 aromatic heterocycles. The second-order valence-electron chi connectivity index (χ2n) is 4.69. The fourth-order valence-corrected chi connectivity index (χ4v) is 4.19. The Morgan fingerprint density at radius 1 is 1.05 bits per heavy atom. The highest BCUT2D eigenvalue weighted by molar-refractivity contribution is 7.99. The average Bonchev–Trinajstić information content (AvgIpc) is 2.46. The van der Waals surface area contributed by atoms with Crippen LogP contribution in [0.4, 0.5) is 0 Å². The van der Waals surface area contributed by atoms with Gasteiger partial charge in [-0.2, -0.15) is 0 Å². The molecule has 21 heavy (non-hydrogen) atoms. The summed E-state index contributed by atoms with van der Waals surface area (Å²) in [6, 6.07) is 14.6. The Labute approximate surface area is 135 Å². The molecule has 2 aromatic carbocycles. The number of nitrogens with one attached hydrogen (secondary N) is 1. The topological polar surface area (TPSA) is 49.9 Å². The Morgan fingerprint density at radius 2 is 1.71 bits per heavy atom. The summed E-state index contributed by atoms with van der Waals surface area (Å²) in [4.78, 5) is 2.18. The Balaban J connectivity index is 2.25. The van der Waals surface area contributed by atoms with E-state index in [0.717, 1.165) is 26.9 Å². The molecule has 0 aliphatic carbocycles. The average molecular weight is 316 g/mol. The Kier molecular flexibility index (Phi) is 5.76. The molecule has 0 radical (unpaired) electrons. The highest BCUT2D eigenvalue weighted by Crippen LogP contribution is 2.33. The lowest BCUT2D eigenvalue weighted by atomic mass is 10.1. The van der Waals surface area contributed by atoms with Crippen molar-refractivity contribution in [3.63, 3.8) is 0 Å². The van der Waals surface area contributed by atoms with Gasteiger partial charge >= 0.3 is 0 Å². The summed E-state index contributed by atoms with van der Waals surface area (Å²) in [7, 11) is 0. The first-order chi connectivity index (χ1) is 10.1. The van der Waals surface area contributed by atoms with Gasteiger partial charge < -0.3 is 5.73 Å². The molecule has 110 valence electrons. The zero-order valence-corrected chi connectivity index (χ0v) is 14.0. The van der Waals surface area contributed by atoms with Crippen LogP contribution in [-0.2, 0) is 5.75 Å². The van der Waals surface area contributed by atoms with Gasteiger partial charge in [-0.3, -0.25) is 5.41 Å². The van der Waals surface area contributed by atoms with Crippen molar-refractivity contribution >= 4 is 29.4 Å². The third-order valence-electron chi connectivity index (χ3n) is 3.20. The molecule has 2 rings (SSSR count). The lowest BCUT2D eigenvalue weighted by Crippen LogP contribution is -2.13. The van der Waals surface area contributed by atoms with E-state index in [9.17, 15) is 0 Å². The van der Waals surface area contributed by atoms with Crippen molar-refractivity contribution in [1.29, 1.82) is 5.41 Å². The summed E-state index contributed by atoms with van der Waals surface area (Å²) in [5.74, 6) is 2.03. The van der Waals surface area contributed by atoms with Crippen LogP contribution in [0.1, 0.15) is 23.6 Å². The summed E-state index contributed by atoms with van der Waals surface area (Å²) in [5, 5.41) is 7.87. The van der Waals surface area contributed by atoms with Gasteiger partial charge in [0.25, 0.3) is 0 Å². The van der Waals surface area contributed by atoms with Crippen molar-refractivity contribution in [3.05, 3.63) is 59.2 Å². The zero-order chi connectivity index (χ0) is 15.2. The van der Waals surface area contributed by atoms with Crippen LogP contribution in [0.15, 0.2) is 52.3 Å². The molecular formula is C17H20N2S2. The zero-order valence-electron chi connectivity index (χ0n) is 12.3. The normalized spacial score (nSPS) is 10.6. The third kappa shape index (κ3) is 4.05. The molecule has 0 bridgehead atoms. The van der Waals surface area contributed by atoms with Gasteiger partial charge in [0, 0.05) is 21.1 Å². The van der Waals surface area contributed by atoms with Crippen molar-refractivity contribution in [1.82, 2.24) is 0 Å². The van der Waals surface area contributed by atoms with Crippen molar-refractivity contribution in [2.24, 2.45) is 5.73 Å². The smallest absolute Gasteiger partial charge is 0.125 e. The van der Waals surface area contributed by atoms with E-state index in [-0.39, 0.29) is 5.84 Å². The molecule has 0 aliphatic heterocycles. The second kappa shape index (κ2) is 7.57. The van der Waals surface area contributed by atoms with Gasteiger partial charge in [-0.1, -0.05) is 37.3 Å². The van der Waals surface area contributed by atoms with E-state index in [1.54, 1.807) is 23.5 Å². The number of benzene rings is 2. The minimum absolute atomic E-state index is 0.152. The molecule has 2 nitrogen and oxygen atoms in total. The van der Waals surface area contributed by atoms with Gasteiger partial charge in [0.05, 0.1) is 0 Å². The van der Waals surface area contributed by atoms with Crippen molar-refractivity contribution in [2.45, 2.75) is 29.4 Å². The fraction of sp³-hybridized carbons (Fsp3) is 0.235. The number of hydrogen-bond acceptors (Lipinski definition) is 3. The van der Waals surface area contributed by atoms with Crippen LogP contribution in [0.25, 0.3) is 0 Å². The first-order valence-corrected chi connectivity index (χ1v) is 8.88. The highest BCUT2D eigenvalue weighted by Gasteiger charge is 2.12. The van der Waals surface area contributed by atoms with E-state index in [2.05, 4.69) is 44.2 Å². The summed E-state index contributed by atoms with van der Waals surface area (Å²) >= 11 is 3.48. The van der Waals surface area contributed by atoms with Gasteiger partial charge in [0.1, 0.15) is 5.84 Å². The number of thioether (sulfide) groups is 2. The summed E-state index contributed by atoms with van der Waals surface area (Å²) in [5.41, 5.74) is 9.30. The van der Waals surface area contributed by atoms with E-state index in [0.29, 0.717) is 0 Å². The van der Waals surface area contributed by atoms with Gasteiger partial charge in [0.2, 0.25) is 0 Å². The standard InChI is InChI=1S/C17H20N2S2/c1-3-20-14-9-6-10-15(16(14)17(18)19)21-11-13-8-5-4-7-12(13)2/h4-10H,3,11H2,1-2H3,(H3,18,19). The van der Waals surface area contributed by atoms with Gasteiger partial charge in [0.15, 0.2) is 0 Å². The maximum Gasteiger partial charge on any atom is 0.125 e. The first-order valence-electron chi connectivity index (χ1n) is 6.91. The van der Waals surface area contributed by atoms with E-state index in [1.807, 2.05) is 12.1 Å². The Bertz CT molecular complexity index is 638. The molecule has 0 saturated heterocycles. The molecule has 4 heteroatoms. The predicted molar refractivity (Wildman–Crippen MR) is 94.6 cm³/mol. The van der Waals surface area contributed by atoms with Crippen LogP contribution in [0.5, 0.6) is 0 Å². The molecular weight excluding hydrogens is 296 g/mol. The molecule has 0 unspecified atom stereocenters. The minimum atomic E-state index is 0.152. The van der Waals surface area contributed by atoms with Crippen LogP contribution in [-0.4, -0.2) is 11.6 Å². The molecule has 3 N–H and O–H groups in total. The lowest BCUT2D eigenvalue weighted by Gasteiger charge is -2.13. The van der Waals surface area contributed by atoms with Gasteiger partial charge in [-0.25, -0.2) is 0 Å². The van der Waals surface area contributed by atoms with E-state index < -0.39 is 0 Å². The first kappa shape index (κ1) is 16.0. The highest BCUT2D eigenvalue weighted by atomic mass is 32.2. The van der Waals surface area contributed by atoms with Crippen LogP contribution >= 0.6 is 23.5 Å². The Morgan fingerprint density at radius 3 is 2.33 bits per heavy atom. The number of nitrogen functional groups attached to an aromatic ring is 1. The van der Waals surface area contributed by atoms with Crippen LogP contribution in [0.3, 0.4) is 0 Å². The van der Waals surface area contributed by atoms with Gasteiger partial charge in [-0.15, -0.1) is 23.5 Å². The maximum absolute atomic E-state index is 7.87. The number of rotatable bonds is 6. The van der Waals surface area contributed by atoms with E-state index in [1.165, 1.54) is 11.1 Å². The molecule has 2 aromatic rings. The van der Waals surface area contributed by atoms with Crippen LogP contribution in [0.2, 0.25) is 0 Å². The van der Waals surface area contributed by atoms with E-state index >= 15 is 0 Å². The SMILES string of the molecule is CCSc1cccc(SCc2ccccc2C)c1C(=N)N. The summed E-state index contributed by atoms with van der Waals surface area (Å²) in [6.45, 7) is 4.24. The quantitative estimate of drug-likeness (QED) is 0.462. The van der Waals surface area contributed by atoms with Gasteiger partial charge in [-0.05, 0) is 35.9 Å². The lowest BCUT2D eigenvalue weighted by molar-refractivity contribution is 1.23. The molecule has 0 saturated carbocycles. The molecule has 0 heterocycles. The van der Waals surface area contributed by atoms with Crippen molar-refractivity contribution in [2.75, 3.05) is 5.75 Å². The monoisotopic (exact) mass is 316 g/mol. The molecule has 0 aliphatic rings. The number of nitrogens with two attached hydrogens (primary N) is 1. The molecule has 0 atom stereocenters. The van der Waals surface area contributed by atoms with E-state index in [4.69, 9.17) is 11.1 Å². The minimum Gasteiger partial charge on any atom is -0.384 e. The molecule has 0 spiro atoms. The summed E-state index contributed by atoms with van der Waals surface area (Å²) < 4.78 is 0. The Hall–Kier alpha value is -1.39. The molecule has 0 fully saturated rings. The van der Waals surface area contributed by atoms with Crippen molar-refractivity contribution in [3.8, 4) is 0 Å². The number of hydrogen-bond donors (Lipinski definition) is 2. The predicted octanol–water partition coefficient (Wildman–Crippen LogP) is 4.68. The maximum atomic E-state index is 7.87. The van der Waals surface area contributed by atoms with Crippen LogP contribution < -0.4 is 5.73 Å². The largest absolute Gasteiger partial charge is 0.384 e. The number of amidine groups is 1. The molecule has 0 amide bonds. The van der Waals surface area contributed by atoms with Crippen LogP contribution in [0, 0.1) is 12.3 Å². The fourth-order valence-electron chi connectivity index (χ4n) is 2.10. The van der Waals surface area contributed by atoms with Crippen molar-refractivity contribution < 1.29 is 0 Å². The number of aryl methyl sites for hydroxylation is 1.